The predicted octanol–water partition coefficient (Wildman–Crippen LogP) is 1.35. The molecule has 0 amide bonds. The van der Waals surface area contributed by atoms with E-state index in [-0.39, 0.29) is 11.5 Å². The zero-order valence-corrected chi connectivity index (χ0v) is 8.52. The van der Waals surface area contributed by atoms with E-state index in [0.717, 1.165) is 5.56 Å². The Bertz CT molecular complexity index is 480. The summed E-state index contributed by atoms with van der Waals surface area (Å²) in [5, 5.41) is 3.02. The molecule has 1 aliphatic heterocycles. The van der Waals surface area contributed by atoms with Gasteiger partial charge in [0.1, 0.15) is 0 Å². The first-order valence-corrected chi connectivity index (χ1v) is 5.76. The van der Waals surface area contributed by atoms with Crippen molar-refractivity contribution in [2.24, 2.45) is 5.16 Å². The average Bonchev–Trinajstić information content (AvgIpc) is 2.67. The van der Waals surface area contributed by atoms with E-state index in [1.54, 1.807) is 0 Å². The van der Waals surface area contributed by atoms with Crippen LogP contribution in [-0.4, -0.2) is 18.0 Å². The maximum absolute atomic E-state index is 10.8. The van der Waals surface area contributed by atoms with Crippen LogP contribution in [0.4, 0.5) is 0 Å². The van der Waals surface area contributed by atoms with Crippen LogP contribution in [0, 0.1) is 0 Å². The molecule has 1 heterocycles. The molecule has 1 aliphatic rings. The molecule has 15 heavy (non-hydrogen) atoms. The summed E-state index contributed by atoms with van der Waals surface area (Å²) in [6, 6.07) is 9.12. The second-order valence-electron chi connectivity index (χ2n) is 3.17. The molecule has 1 unspecified atom stereocenters. The van der Waals surface area contributed by atoms with Crippen molar-refractivity contribution < 1.29 is 17.8 Å². The number of oxime groups is 1. The first-order chi connectivity index (χ1) is 7.07. The molecule has 1 N–H and O–H groups in total. The third-order valence-electron chi connectivity index (χ3n) is 2.11. The Balaban J connectivity index is 2.16. The number of benzene rings is 1. The first-order valence-electron chi connectivity index (χ1n) is 4.32. The maximum atomic E-state index is 10.8. The third kappa shape index (κ3) is 2.16. The number of nitrogens with zero attached hydrogens (tertiary/aromatic N) is 1. The maximum Gasteiger partial charge on any atom is 0.311 e. The van der Waals surface area contributed by atoms with Crippen molar-refractivity contribution in [3.05, 3.63) is 35.9 Å². The molecule has 0 spiro atoms. The molecule has 0 bridgehead atoms. The Morgan fingerprint density at radius 2 is 2.00 bits per heavy atom. The van der Waals surface area contributed by atoms with Crippen LogP contribution in [0.1, 0.15) is 18.1 Å². The van der Waals surface area contributed by atoms with Crippen molar-refractivity contribution in [3.63, 3.8) is 0 Å². The molecule has 0 aliphatic carbocycles. The second-order valence-corrected chi connectivity index (χ2v) is 4.59. The van der Waals surface area contributed by atoms with Gasteiger partial charge < -0.3 is 4.84 Å². The van der Waals surface area contributed by atoms with E-state index in [9.17, 15) is 8.42 Å². The van der Waals surface area contributed by atoms with E-state index in [0.29, 0.717) is 0 Å². The summed E-state index contributed by atoms with van der Waals surface area (Å²) in [6.45, 7) is 0. The van der Waals surface area contributed by atoms with Crippen molar-refractivity contribution in [3.8, 4) is 0 Å². The molecule has 0 aromatic heterocycles. The SMILES string of the molecule is O=S(=O)(O)C1=NOC(c2ccccc2)C1. The molecule has 0 fully saturated rings. The van der Waals surface area contributed by atoms with E-state index >= 15 is 0 Å². The summed E-state index contributed by atoms with van der Waals surface area (Å²) in [5.41, 5.74) is 0.833. The van der Waals surface area contributed by atoms with Gasteiger partial charge in [0.25, 0.3) is 0 Å². The van der Waals surface area contributed by atoms with Gasteiger partial charge >= 0.3 is 10.1 Å². The number of hydrogen-bond acceptors (Lipinski definition) is 4. The van der Waals surface area contributed by atoms with E-state index in [1.807, 2.05) is 30.3 Å². The lowest BCUT2D eigenvalue weighted by Crippen LogP contribution is -2.11. The smallest absolute Gasteiger partial charge is 0.311 e. The fourth-order valence-corrected chi connectivity index (χ4v) is 1.85. The molecular formula is C9H9NO4S. The van der Waals surface area contributed by atoms with Gasteiger partial charge in [-0.2, -0.15) is 8.42 Å². The Morgan fingerprint density at radius 3 is 2.53 bits per heavy atom. The number of rotatable bonds is 1. The highest BCUT2D eigenvalue weighted by Crippen LogP contribution is 2.28. The summed E-state index contributed by atoms with van der Waals surface area (Å²) in [6.07, 6.45) is -0.355. The molecule has 1 aromatic carbocycles. The summed E-state index contributed by atoms with van der Waals surface area (Å²) in [4.78, 5) is 4.93. The molecule has 0 saturated heterocycles. The largest absolute Gasteiger partial charge is 0.386 e. The number of hydrogen-bond donors (Lipinski definition) is 1. The molecule has 80 valence electrons. The highest BCUT2D eigenvalue weighted by molar-refractivity contribution is 8.01. The van der Waals surface area contributed by atoms with E-state index in [4.69, 9.17) is 9.39 Å². The standard InChI is InChI=1S/C9H9NO4S/c11-15(12,13)9-6-8(14-10-9)7-4-2-1-3-5-7/h1-5,8H,6H2,(H,11,12,13). The third-order valence-corrected chi connectivity index (χ3v) is 2.95. The summed E-state index contributed by atoms with van der Waals surface area (Å²) >= 11 is 0. The summed E-state index contributed by atoms with van der Waals surface area (Å²) < 4.78 is 30.3. The van der Waals surface area contributed by atoms with Crippen LogP contribution in [0.5, 0.6) is 0 Å². The molecule has 5 nitrogen and oxygen atoms in total. The quantitative estimate of drug-likeness (QED) is 0.735. The normalized spacial score (nSPS) is 20.9. The first kappa shape index (κ1) is 10.1. The predicted molar refractivity (Wildman–Crippen MR) is 53.9 cm³/mol. The van der Waals surface area contributed by atoms with Gasteiger partial charge in [-0.25, -0.2) is 0 Å². The van der Waals surface area contributed by atoms with E-state index < -0.39 is 16.2 Å². The Morgan fingerprint density at radius 1 is 1.33 bits per heavy atom. The molecular weight excluding hydrogens is 218 g/mol. The minimum atomic E-state index is -4.22. The van der Waals surface area contributed by atoms with Gasteiger partial charge in [0.05, 0.1) is 6.42 Å². The molecule has 6 heteroatoms. The molecule has 0 radical (unpaired) electrons. The Labute approximate surface area is 87.1 Å². The van der Waals surface area contributed by atoms with Crippen molar-refractivity contribution >= 4 is 15.2 Å². The van der Waals surface area contributed by atoms with Crippen molar-refractivity contribution in [2.75, 3.05) is 0 Å². The van der Waals surface area contributed by atoms with Crippen LogP contribution in [0.25, 0.3) is 0 Å². The molecule has 1 atom stereocenters. The van der Waals surface area contributed by atoms with Gasteiger partial charge in [-0.3, -0.25) is 4.55 Å². The van der Waals surface area contributed by atoms with Crippen LogP contribution in [0.2, 0.25) is 0 Å². The van der Waals surface area contributed by atoms with Gasteiger partial charge in [0.2, 0.25) is 5.04 Å². The van der Waals surface area contributed by atoms with Gasteiger partial charge in [0.15, 0.2) is 6.10 Å². The highest BCUT2D eigenvalue weighted by Gasteiger charge is 2.29. The van der Waals surface area contributed by atoms with Gasteiger partial charge in [-0.1, -0.05) is 35.5 Å². The molecule has 0 saturated carbocycles. The van der Waals surface area contributed by atoms with Crippen LogP contribution in [0.3, 0.4) is 0 Å². The van der Waals surface area contributed by atoms with Gasteiger partial charge in [-0.15, -0.1) is 0 Å². The Kier molecular flexibility index (Phi) is 2.45. The molecule has 2 rings (SSSR count). The fourth-order valence-electron chi connectivity index (χ4n) is 1.35. The highest BCUT2D eigenvalue weighted by atomic mass is 32.2. The lowest BCUT2D eigenvalue weighted by atomic mass is 10.1. The van der Waals surface area contributed by atoms with E-state index in [2.05, 4.69) is 5.16 Å². The van der Waals surface area contributed by atoms with Crippen LogP contribution < -0.4 is 0 Å². The van der Waals surface area contributed by atoms with Crippen molar-refractivity contribution in [2.45, 2.75) is 12.5 Å². The zero-order valence-electron chi connectivity index (χ0n) is 7.70. The topological polar surface area (TPSA) is 76.0 Å². The Hall–Kier alpha value is -1.40. The van der Waals surface area contributed by atoms with Crippen LogP contribution >= 0.6 is 0 Å². The van der Waals surface area contributed by atoms with E-state index in [1.165, 1.54) is 0 Å². The van der Waals surface area contributed by atoms with Gasteiger partial charge in [-0.05, 0) is 5.56 Å². The van der Waals surface area contributed by atoms with Gasteiger partial charge in [0, 0.05) is 0 Å². The monoisotopic (exact) mass is 227 g/mol. The fraction of sp³-hybridized carbons (Fsp3) is 0.222. The lowest BCUT2D eigenvalue weighted by Gasteiger charge is -2.06. The zero-order chi connectivity index (χ0) is 10.9. The van der Waals surface area contributed by atoms with Crippen molar-refractivity contribution in [1.29, 1.82) is 0 Å². The summed E-state index contributed by atoms with van der Waals surface area (Å²) in [5.74, 6) is 0. The van der Waals surface area contributed by atoms with Crippen LogP contribution in [-0.2, 0) is 15.0 Å². The minimum Gasteiger partial charge on any atom is -0.386 e. The molecule has 1 aromatic rings. The van der Waals surface area contributed by atoms with Crippen LogP contribution in [0.15, 0.2) is 35.5 Å². The van der Waals surface area contributed by atoms with Crippen molar-refractivity contribution in [1.82, 2.24) is 0 Å². The minimum absolute atomic E-state index is 0.0723. The lowest BCUT2D eigenvalue weighted by molar-refractivity contribution is 0.0858. The average molecular weight is 227 g/mol. The second kappa shape index (κ2) is 3.63. The summed E-state index contributed by atoms with van der Waals surface area (Å²) in [7, 11) is -4.22.